The van der Waals surface area contributed by atoms with Crippen LogP contribution < -0.4 is 4.90 Å². The smallest absolute Gasteiger partial charge is 0.160 e. The molecule has 0 radical (unpaired) electrons. The van der Waals surface area contributed by atoms with E-state index in [1.165, 1.54) is 16.7 Å². The van der Waals surface area contributed by atoms with Gasteiger partial charge in [0.15, 0.2) is 5.82 Å². The Balaban J connectivity index is 1.09. The number of nitrogens with zero attached hydrogens (tertiary/aromatic N) is 3. The number of aromatic nitrogens is 2. The average Bonchev–Trinajstić information content (AvgIpc) is 3.63. The van der Waals surface area contributed by atoms with Gasteiger partial charge in [-0.15, -0.1) is 0 Å². The van der Waals surface area contributed by atoms with E-state index in [-0.39, 0.29) is 0 Å². The number of rotatable bonds is 7. The lowest BCUT2D eigenvalue weighted by Gasteiger charge is -2.26. The average molecular weight is 692 g/mol. The first-order valence-electron chi connectivity index (χ1n) is 18.2. The van der Waals surface area contributed by atoms with Crippen molar-refractivity contribution in [2.24, 2.45) is 0 Å². The van der Waals surface area contributed by atoms with Gasteiger partial charge in [0.05, 0.1) is 22.3 Å². The Morgan fingerprint density at radius 1 is 0.370 bits per heavy atom. The van der Waals surface area contributed by atoms with E-state index < -0.39 is 0 Å². The van der Waals surface area contributed by atoms with Crippen molar-refractivity contribution in [3.05, 3.63) is 200 Å². The highest BCUT2D eigenvalue weighted by atomic mass is 16.3. The molecule has 0 saturated heterocycles. The fourth-order valence-corrected chi connectivity index (χ4v) is 7.47. The molecule has 0 aliphatic rings. The third kappa shape index (κ3) is 5.67. The summed E-state index contributed by atoms with van der Waals surface area (Å²) < 4.78 is 6.64. The predicted molar refractivity (Wildman–Crippen MR) is 223 cm³/mol. The maximum Gasteiger partial charge on any atom is 0.160 e. The van der Waals surface area contributed by atoms with Crippen LogP contribution in [0.5, 0.6) is 0 Å². The zero-order valence-electron chi connectivity index (χ0n) is 29.3. The van der Waals surface area contributed by atoms with E-state index in [9.17, 15) is 0 Å². The van der Waals surface area contributed by atoms with Crippen LogP contribution in [0, 0.1) is 0 Å². The zero-order chi connectivity index (χ0) is 35.8. The summed E-state index contributed by atoms with van der Waals surface area (Å²) in [5, 5.41) is 3.09. The van der Waals surface area contributed by atoms with Crippen LogP contribution in [0.3, 0.4) is 0 Å². The number of hydrogen-bond acceptors (Lipinski definition) is 4. The molecule has 0 aliphatic carbocycles. The molecular weight excluding hydrogens is 659 g/mol. The van der Waals surface area contributed by atoms with E-state index in [1.54, 1.807) is 0 Å². The summed E-state index contributed by atoms with van der Waals surface area (Å²) in [6.45, 7) is 0. The van der Waals surface area contributed by atoms with Crippen molar-refractivity contribution in [2.45, 2.75) is 0 Å². The van der Waals surface area contributed by atoms with E-state index in [1.807, 2.05) is 30.3 Å². The van der Waals surface area contributed by atoms with Gasteiger partial charge in [-0.2, -0.15) is 0 Å². The number of para-hydroxylation sites is 2. The molecule has 10 rings (SSSR count). The van der Waals surface area contributed by atoms with Gasteiger partial charge in [-0.1, -0.05) is 140 Å². The van der Waals surface area contributed by atoms with Crippen LogP contribution in [-0.2, 0) is 0 Å². The van der Waals surface area contributed by atoms with Crippen molar-refractivity contribution in [2.75, 3.05) is 4.90 Å². The van der Waals surface area contributed by atoms with Gasteiger partial charge in [-0.3, -0.25) is 0 Å². The van der Waals surface area contributed by atoms with Crippen molar-refractivity contribution in [3.8, 4) is 44.9 Å². The number of anilines is 3. The van der Waals surface area contributed by atoms with E-state index in [0.717, 1.165) is 72.3 Å². The Bertz CT molecular complexity index is 2920. The molecule has 54 heavy (non-hydrogen) atoms. The summed E-state index contributed by atoms with van der Waals surface area (Å²) >= 11 is 0. The van der Waals surface area contributed by atoms with Gasteiger partial charge in [-0.05, 0) is 82.9 Å². The second-order valence-corrected chi connectivity index (χ2v) is 13.4. The van der Waals surface area contributed by atoms with E-state index in [4.69, 9.17) is 14.4 Å². The monoisotopic (exact) mass is 691 g/mol. The van der Waals surface area contributed by atoms with Gasteiger partial charge in [0.2, 0.25) is 0 Å². The maximum absolute atomic E-state index is 6.64. The molecule has 254 valence electrons. The molecule has 0 spiro atoms. The normalized spacial score (nSPS) is 11.3. The molecule has 0 bridgehead atoms. The third-order valence-corrected chi connectivity index (χ3v) is 10.1. The molecule has 0 aliphatic heterocycles. The molecule has 0 fully saturated rings. The summed E-state index contributed by atoms with van der Waals surface area (Å²) in [5.74, 6) is 0.654. The SMILES string of the molecule is c1ccc(-c2ccc(N(c3ccccc3)c3cccc4oc5cc(-c6nc(-c7cccc(-c8ccccc8)c7)c7ccccc7n6)ccc5c34)cc2)cc1. The number of fused-ring (bicyclic) bond motifs is 4. The van der Waals surface area contributed by atoms with Crippen molar-refractivity contribution in [3.63, 3.8) is 0 Å². The molecule has 0 N–H and O–H groups in total. The minimum atomic E-state index is 0.654. The van der Waals surface area contributed by atoms with Crippen LogP contribution in [0.25, 0.3) is 77.7 Å². The largest absolute Gasteiger partial charge is 0.456 e. The number of furan rings is 1. The summed E-state index contributed by atoms with van der Waals surface area (Å²) in [7, 11) is 0. The Labute approximate surface area is 313 Å². The van der Waals surface area contributed by atoms with Crippen molar-refractivity contribution >= 4 is 49.9 Å². The van der Waals surface area contributed by atoms with Gasteiger partial charge in [0.1, 0.15) is 11.2 Å². The lowest BCUT2D eigenvalue weighted by atomic mass is 9.99. The molecule has 10 aromatic rings. The standard InChI is InChI=1S/C50H33N3O/c1-4-14-34(15-5-1)36-26-29-41(30-27-36)53(40-20-8-3-9-21-40)45-24-13-25-46-48(45)43-31-28-39(33-47(43)54-46)50-51-44-23-11-10-22-42(44)49(52-50)38-19-12-18-37(32-38)35-16-6-2-7-17-35/h1-33H. The first-order chi connectivity index (χ1) is 26.8. The van der Waals surface area contributed by atoms with E-state index >= 15 is 0 Å². The highest BCUT2D eigenvalue weighted by Gasteiger charge is 2.20. The van der Waals surface area contributed by atoms with E-state index in [0.29, 0.717) is 5.82 Å². The minimum absolute atomic E-state index is 0.654. The van der Waals surface area contributed by atoms with Crippen molar-refractivity contribution in [1.29, 1.82) is 0 Å². The highest BCUT2D eigenvalue weighted by Crippen LogP contribution is 2.44. The molecule has 2 aromatic heterocycles. The van der Waals surface area contributed by atoms with Crippen molar-refractivity contribution in [1.82, 2.24) is 9.97 Å². The molecule has 4 nitrogen and oxygen atoms in total. The second kappa shape index (κ2) is 13.4. The molecular formula is C50H33N3O. The quantitative estimate of drug-likeness (QED) is 0.167. The van der Waals surface area contributed by atoms with Crippen LogP contribution in [0.15, 0.2) is 205 Å². The lowest BCUT2D eigenvalue weighted by Crippen LogP contribution is -2.10. The summed E-state index contributed by atoms with van der Waals surface area (Å²) in [5.41, 5.74) is 13.2. The van der Waals surface area contributed by atoms with Gasteiger partial charge in [-0.25, -0.2) is 9.97 Å². The Morgan fingerprint density at radius 2 is 0.963 bits per heavy atom. The second-order valence-electron chi connectivity index (χ2n) is 13.4. The summed E-state index contributed by atoms with van der Waals surface area (Å²) in [6, 6.07) is 69.7. The van der Waals surface area contributed by atoms with Crippen LogP contribution in [0.1, 0.15) is 0 Å². The fraction of sp³-hybridized carbons (Fsp3) is 0. The lowest BCUT2D eigenvalue weighted by molar-refractivity contribution is 0.669. The highest BCUT2D eigenvalue weighted by molar-refractivity contribution is 6.14. The maximum atomic E-state index is 6.64. The molecule has 0 saturated carbocycles. The molecule has 0 amide bonds. The molecule has 8 aromatic carbocycles. The zero-order valence-corrected chi connectivity index (χ0v) is 29.3. The first kappa shape index (κ1) is 31.4. The summed E-state index contributed by atoms with van der Waals surface area (Å²) in [4.78, 5) is 12.6. The Kier molecular flexibility index (Phi) is 7.77. The first-order valence-corrected chi connectivity index (χ1v) is 18.2. The van der Waals surface area contributed by atoms with Crippen molar-refractivity contribution < 1.29 is 4.42 Å². The van der Waals surface area contributed by atoms with Gasteiger partial charge < -0.3 is 9.32 Å². The minimum Gasteiger partial charge on any atom is -0.456 e. The van der Waals surface area contributed by atoms with Crippen LogP contribution in [-0.4, -0.2) is 9.97 Å². The van der Waals surface area contributed by atoms with Crippen LogP contribution >= 0.6 is 0 Å². The number of hydrogen-bond donors (Lipinski definition) is 0. The van der Waals surface area contributed by atoms with Crippen LogP contribution in [0.2, 0.25) is 0 Å². The Hall–Kier alpha value is -7.30. The molecule has 4 heteroatoms. The van der Waals surface area contributed by atoms with E-state index in [2.05, 4.69) is 175 Å². The van der Waals surface area contributed by atoms with Gasteiger partial charge >= 0.3 is 0 Å². The predicted octanol–water partition coefficient (Wildman–Crippen LogP) is 13.7. The van der Waals surface area contributed by atoms with Crippen LogP contribution in [0.4, 0.5) is 17.1 Å². The molecule has 0 atom stereocenters. The topological polar surface area (TPSA) is 42.2 Å². The molecule has 0 unspecified atom stereocenters. The number of benzene rings is 8. The summed E-state index contributed by atoms with van der Waals surface area (Å²) in [6.07, 6.45) is 0. The van der Waals surface area contributed by atoms with Gasteiger partial charge in [0, 0.05) is 33.3 Å². The van der Waals surface area contributed by atoms with Gasteiger partial charge in [0.25, 0.3) is 0 Å². The molecule has 2 heterocycles. The Morgan fingerprint density at radius 3 is 1.74 bits per heavy atom. The fourth-order valence-electron chi connectivity index (χ4n) is 7.47. The third-order valence-electron chi connectivity index (χ3n) is 10.1.